The van der Waals surface area contributed by atoms with E-state index < -0.39 is 0 Å². The molecule has 0 spiro atoms. The van der Waals surface area contributed by atoms with Crippen molar-refractivity contribution in [2.24, 2.45) is 0 Å². The van der Waals surface area contributed by atoms with Crippen LogP contribution in [0.3, 0.4) is 0 Å². The summed E-state index contributed by atoms with van der Waals surface area (Å²) in [7, 11) is 0. The molecule has 0 bridgehead atoms. The molecule has 0 aliphatic heterocycles. The number of nitrogens with zero attached hydrogens (tertiary/aromatic N) is 2. The van der Waals surface area contributed by atoms with Crippen LogP contribution in [0, 0.1) is 55.4 Å². The molecule has 0 aliphatic carbocycles. The summed E-state index contributed by atoms with van der Waals surface area (Å²) < 4.78 is 14.5. The maximum Gasteiger partial charge on any atom is 0.159 e. The Morgan fingerprint density at radius 3 is 1.03 bits per heavy atom. The molecule has 2 aromatic heterocycles. The van der Waals surface area contributed by atoms with Crippen LogP contribution in [0.2, 0.25) is 0 Å². The highest BCUT2D eigenvalue weighted by Crippen LogP contribution is 2.53. The first-order valence-corrected chi connectivity index (χ1v) is 25.7. The van der Waals surface area contributed by atoms with Crippen molar-refractivity contribution in [1.82, 2.24) is 0 Å². The maximum absolute atomic E-state index is 7.23. The Morgan fingerprint density at radius 2 is 0.667 bits per heavy atom. The van der Waals surface area contributed by atoms with Gasteiger partial charge in [0, 0.05) is 54.8 Å². The molecule has 0 amide bonds. The second-order valence-electron chi connectivity index (χ2n) is 23.0. The molecule has 12 aromatic rings. The highest BCUT2D eigenvalue weighted by molar-refractivity contribution is 6.29. The number of fused-ring (bicyclic) bond motifs is 6. The van der Waals surface area contributed by atoms with Crippen molar-refractivity contribution >= 4 is 110 Å². The number of para-hydroxylation sites is 2. The standard InChI is InChI=1S/C68H64N2O2/c1-37-21-27-51-49-17-15-19-55(67(9,10)11)63(49)71-65(51)61(37)69(47-33-39(3)43(7)40(4)34-47)57-31-25-45-24-30-54-58(32-26-46-23-29-53(57)59(45)60(46)54)70(48-35-41(5)44(8)42(6)36-48)62-38(2)22-28-52-50-18-16-20-56(68(12,13)14)64(50)72-66(52)62/h15-36H,1-14H3. The molecule has 2 heterocycles. The normalized spacial score (nSPS) is 12.6. The molecule has 4 heteroatoms. The molecule has 72 heavy (non-hydrogen) atoms. The zero-order chi connectivity index (χ0) is 50.4. The fourth-order valence-corrected chi connectivity index (χ4v) is 11.9. The van der Waals surface area contributed by atoms with Gasteiger partial charge in [-0.2, -0.15) is 0 Å². The summed E-state index contributed by atoms with van der Waals surface area (Å²) in [6, 6.07) is 50.4. The topological polar surface area (TPSA) is 32.8 Å². The van der Waals surface area contributed by atoms with Crippen LogP contribution in [0.15, 0.2) is 142 Å². The van der Waals surface area contributed by atoms with Gasteiger partial charge in [-0.3, -0.25) is 0 Å². The molecule has 0 fully saturated rings. The van der Waals surface area contributed by atoms with Crippen LogP contribution in [-0.4, -0.2) is 0 Å². The SMILES string of the molecule is Cc1cc(N(c2ccc3ccc4c(N(c5cc(C)c(C)c(C)c5)c5c(C)ccc6c5oc5c(C(C)(C)C)cccc56)ccc5ccc2c3c54)c2c(C)ccc3c2oc2c(C(C)(C)C)cccc23)cc(C)c1C. The fraction of sp³-hybridized carbons (Fsp3) is 0.235. The molecule has 358 valence electrons. The van der Waals surface area contributed by atoms with Crippen molar-refractivity contribution in [1.29, 1.82) is 0 Å². The molecule has 12 rings (SSSR count). The van der Waals surface area contributed by atoms with Crippen molar-refractivity contribution < 1.29 is 8.83 Å². The van der Waals surface area contributed by atoms with Gasteiger partial charge in [0.25, 0.3) is 0 Å². The van der Waals surface area contributed by atoms with Gasteiger partial charge in [0.1, 0.15) is 11.2 Å². The zero-order valence-electron chi connectivity index (χ0n) is 44.4. The number of furan rings is 2. The molecular weight excluding hydrogens is 877 g/mol. The van der Waals surface area contributed by atoms with Gasteiger partial charge in [0.15, 0.2) is 11.2 Å². The minimum Gasteiger partial charge on any atom is -0.454 e. The van der Waals surface area contributed by atoms with E-state index in [-0.39, 0.29) is 10.8 Å². The first-order valence-electron chi connectivity index (χ1n) is 25.7. The van der Waals surface area contributed by atoms with Crippen LogP contribution < -0.4 is 9.80 Å². The van der Waals surface area contributed by atoms with Crippen molar-refractivity contribution in [3.8, 4) is 0 Å². The van der Waals surface area contributed by atoms with E-state index in [1.807, 2.05) is 0 Å². The number of benzene rings is 10. The van der Waals surface area contributed by atoms with Gasteiger partial charge in [-0.1, -0.05) is 139 Å². The molecule has 0 N–H and O–H groups in total. The third kappa shape index (κ3) is 6.78. The van der Waals surface area contributed by atoms with Crippen LogP contribution in [-0.2, 0) is 10.8 Å². The Labute approximate surface area is 423 Å². The summed E-state index contributed by atoms with van der Waals surface area (Å²) in [4.78, 5) is 4.98. The van der Waals surface area contributed by atoms with E-state index in [0.717, 1.165) is 89.1 Å². The monoisotopic (exact) mass is 940 g/mol. The zero-order valence-corrected chi connectivity index (χ0v) is 44.4. The third-order valence-corrected chi connectivity index (χ3v) is 16.2. The second kappa shape index (κ2) is 16.0. The molecule has 0 atom stereocenters. The molecular formula is C68H64N2O2. The lowest BCUT2D eigenvalue weighted by atomic mass is 9.86. The average Bonchev–Trinajstić information content (AvgIpc) is 3.91. The van der Waals surface area contributed by atoms with Gasteiger partial charge < -0.3 is 18.6 Å². The number of anilines is 6. The fourth-order valence-electron chi connectivity index (χ4n) is 11.9. The first kappa shape index (κ1) is 45.6. The van der Waals surface area contributed by atoms with Gasteiger partial charge in [0.2, 0.25) is 0 Å². The Morgan fingerprint density at radius 1 is 0.333 bits per heavy atom. The summed E-state index contributed by atoms with van der Waals surface area (Å²) in [5, 5.41) is 11.8. The molecule has 0 saturated heterocycles. The van der Waals surface area contributed by atoms with Crippen molar-refractivity contribution in [3.05, 3.63) is 189 Å². The van der Waals surface area contributed by atoms with Crippen LogP contribution in [0.4, 0.5) is 34.1 Å². The summed E-state index contributed by atoms with van der Waals surface area (Å²) in [6.45, 7) is 31.5. The first-order chi connectivity index (χ1) is 34.3. The lowest BCUT2D eigenvalue weighted by Gasteiger charge is -2.31. The number of aryl methyl sites for hydroxylation is 6. The molecule has 0 unspecified atom stereocenters. The Kier molecular flexibility index (Phi) is 10.1. The van der Waals surface area contributed by atoms with Gasteiger partial charge in [-0.15, -0.1) is 0 Å². The highest BCUT2D eigenvalue weighted by Gasteiger charge is 2.30. The van der Waals surface area contributed by atoms with E-state index in [2.05, 4.69) is 240 Å². The summed E-state index contributed by atoms with van der Waals surface area (Å²) in [5.74, 6) is 0. The second-order valence-corrected chi connectivity index (χ2v) is 23.0. The van der Waals surface area contributed by atoms with Gasteiger partial charge in [0.05, 0.1) is 22.7 Å². The Bertz CT molecular complexity index is 3900. The molecule has 0 saturated carbocycles. The quantitative estimate of drug-likeness (QED) is 0.156. The molecule has 0 aliphatic rings. The number of rotatable bonds is 6. The van der Waals surface area contributed by atoms with Gasteiger partial charge in [-0.25, -0.2) is 0 Å². The number of hydrogen-bond acceptors (Lipinski definition) is 4. The van der Waals surface area contributed by atoms with Crippen molar-refractivity contribution in [2.45, 2.75) is 108 Å². The molecule has 0 radical (unpaired) electrons. The summed E-state index contributed by atoms with van der Waals surface area (Å²) >= 11 is 0. The number of hydrogen-bond donors (Lipinski definition) is 0. The van der Waals surface area contributed by atoms with E-state index in [9.17, 15) is 0 Å². The summed E-state index contributed by atoms with van der Waals surface area (Å²) in [5.41, 5.74) is 22.4. The predicted octanol–water partition coefficient (Wildman–Crippen LogP) is 20.4. The van der Waals surface area contributed by atoms with E-state index in [1.54, 1.807) is 0 Å². The predicted molar refractivity (Wildman–Crippen MR) is 309 cm³/mol. The Hall–Kier alpha value is -7.56. The maximum atomic E-state index is 7.23. The smallest absolute Gasteiger partial charge is 0.159 e. The van der Waals surface area contributed by atoms with Crippen molar-refractivity contribution in [3.63, 3.8) is 0 Å². The Balaban J connectivity index is 1.17. The van der Waals surface area contributed by atoms with Gasteiger partial charge in [-0.05, 0) is 169 Å². The highest BCUT2D eigenvalue weighted by atomic mass is 16.3. The third-order valence-electron chi connectivity index (χ3n) is 16.2. The van der Waals surface area contributed by atoms with Crippen LogP contribution in [0.5, 0.6) is 0 Å². The minimum absolute atomic E-state index is 0.0991. The lowest BCUT2D eigenvalue weighted by Crippen LogP contribution is -2.14. The van der Waals surface area contributed by atoms with Crippen LogP contribution >= 0.6 is 0 Å². The van der Waals surface area contributed by atoms with E-state index in [1.165, 1.54) is 76.8 Å². The average molecular weight is 941 g/mol. The van der Waals surface area contributed by atoms with E-state index in [4.69, 9.17) is 8.83 Å². The molecule has 4 nitrogen and oxygen atoms in total. The van der Waals surface area contributed by atoms with E-state index in [0.29, 0.717) is 0 Å². The van der Waals surface area contributed by atoms with Crippen LogP contribution in [0.25, 0.3) is 76.2 Å². The largest absolute Gasteiger partial charge is 0.454 e. The summed E-state index contributed by atoms with van der Waals surface area (Å²) in [6.07, 6.45) is 0. The van der Waals surface area contributed by atoms with E-state index >= 15 is 0 Å². The van der Waals surface area contributed by atoms with Crippen molar-refractivity contribution in [2.75, 3.05) is 9.80 Å². The minimum atomic E-state index is -0.0991. The van der Waals surface area contributed by atoms with Gasteiger partial charge >= 0.3 is 0 Å². The lowest BCUT2D eigenvalue weighted by molar-refractivity contribution is 0.572. The molecule has 10 aromatic carbocycles. The van der Waals surface area contributed by atoms with Crippen LogP contribution in [0.1, 0.15) is 97.2 Å².